The number of thioether (sulfide) groups is 1. The van der Waals surface area contributed by atoms with Crippen LogP contribution in [0.1, 0.15) is 15.9 Å². The zero-order valence-electron chi connectivity index (χ0n) is 16.7. The molecule has 0 saturated carbocycles. The van der Waals surface area contributed by atoms with Crippen LogP contribution in [0.2, 0.25) is 0 Å². The number of benzene rings is 1. The van der Waals surface area contributed by atoms with Gasteiger partial charge in [0.15, 0.2) is 0 Å². The van der Waals surface area contributed by atoms with E-state index in [1.54, 1.807) is 30.1 Å². The van der Waals surface area contributed by atoms with Crippen molar-refractivity contribution in [2.75, 3.05) is 44.4 Å². The topological polar surface area (TPSA) is 83.6 Å². The number of likely N-dealkylation sites (N-methyl/N-ethyl adjacent to an activating group) is 1. The Hall–Kier alpha value is -2.42. The number of hydrogen-bond acceptors (Lipinski definition) is 6. The lowest BCUT2D eigenvalue weighted by atomic mass is 10.1. The van der Waals surface area contributed by atoms with Gasteiger partial charge in [0, 0.05) is 42.8 Å². The van der Waals surface area contributed by atoms with Gasteiger partial charge in [-0.2, -0.15) is 0 Å². The highest BCUT2D eigenvalue weighted by Gasteiger charge is 2.25. The van der Waals surface area contributed by atoms with Crippen molar-refractivity contribution >= 4 is 29.3 Å². The summed E-state index contributed by atoms with van der Waals surface area (Å²) in [5.74, 6) is 0.366. The van der Waals surface area contributed by atoms with Gasteiger partial charge in [-0.05, 0) is 43.8 Å². The van der Waals surface area contributed by atoms with Crippen molar-refractivity contribution in [3.05, 3.63) is 53.7 Å². The van der Waals surface area contributed by atoms with E-state index in [4.69, 9.17) is 4.74 Å². The molecule has 1 aromatic carbocycles. The van der Waals surface area contributed by atoms with Gasteiger partial charge in [0.05, 0.1) is 11.6 Å². The van der Waals surface area contributed by atoms with Gasteiger partial charge in [0.25, 0.3) is 11.8 Å². The maximum atomic E-state index is 12.5. The molecule has 1 aliphatic rings. The van der Waals surface area contributed by atoms with Crippen molar-refractivity contribution in [1.82, 2.24) is 15.2 Å². The molecule has 3 rings (SSSR count). The van der Waals surface area contributed by atoms with Crippen molar-refractivity contribution in [2.45, 2.75) is 18.1 Å². The summed E-state index contributed by atoms with van der Waals surface area (Å²) in [6, 6.07) is 11.1. The van der Waals surface area contributed by atoms with Gasteiger partial charge < -0.3 is 20.3 Å². The number of aromatic nitrogens is 1. The second-order valence-corrected chi connectivity index (χ2v) is 8.03. The lowest BCUT2D eigenvalue weighted by Crippen LogP contribution is -2.46. The van der Waals surface area contributed by atoms with Crippen molar-refractivity contribution < 1.29 is 14.3 Å². The zero-order chi connectivity index (χ0) is 20.6. The number of pyridine rings is 1. The second-order valence-electron chi connectivity index (χ2n) is 6.91. The van der Waals surface area contributed by atoms with Crippen LogP contribution < -0.4 is 10.6 Å². The molecule has 154 valence electrons. The fraction of sp³-hybridized carbons (Fsp3) is 0.381. The van der Waals surface area contributed by atoms with Crippen molar-refractivity contribution in [3.8, 4) is 0 Å². The maximum Gasteiger partial charge on any atom is 0.254 e. The third kappa shape index (κ3) is 6.28. The minimum atomic E-state index is -0.505. The Kier molecular flexibility index (Phi) is 7.62. The SMILES string of the molecule is Cc1ccc(C(=O)NCCSc2ccccn2)cc1NC(=O)C1CN(C)CCO1. The standard InChI is InChI=1S/C21H26N4O3S/c1-15-6-7-16(20(26)23-9-12-29-19-5-3-4-8-22-19)13-17(15)24-21(27)18-14-25(2)10-11-28-18/h3-8,13,18H,9-12,14H2,1-2H3,(H,23,26)(H,24,27). The van der Waals surface area contributed by atoms with E-state index in [9.17, 15) is 9.59 Å². The monoisotopic (exact) mass is 414 g/mol. The molecule has 7 nitrogen and oxygen atoms in total. The predicted octanol–water partition coefficient (Wildman–Crippen LogP) is 2.18. The van der Waals surface area contributed by atoms with Gasteiger partial charge in [-0.3, -0.25) is 9.59 Å². The minimum Gasteiger partial charge on any atom is -0.366 e. The molecule has 0 aliphatic carbocycles. The van der Waals surface area contributed by atoms with Crippen LogP contribution >= 0.6 is 11.8 Å². The fourth-order valence-electron chi connectivity index (χ4n) is 2.90. The van der Waals surface area contributed by atoms with Gasteiger partial charge in [-0.15, -0.1) is 11.8 Å². The molecular formula is C21H26N4O3S. The number of hydrogen-bond donors (Lipinski definition) is 2. The molecule has 2 heterocycles. The van der Waals surface area contributed by atoms with Crippen LogP contribution in [0.5, 0.6) is 0 Å². The third-order valence-corrected chi connectivity index (χ3v) is 5.54. The summed E-state index contributed by atoms with van der Waals surface area (Å²) in [6.45, 7) is 4.33. The molecule has 2 N–H and O–H groups in total. The first-order chi connectivity index (χ1) is 14.0. The Morgan fingerprint density at radius 2 is 2.17 bits per heavy atom. The minimum absolute atomic E-state index is 0.171. The molecule has 0 bridgehead atoms. The first kappa shape index (κ1) is 21.3. The number of carbonyl (C=O) groups is 2. The molecule has 29 heavy (non-hydrogen) atoms. The van der Waals surface area contributed by atoms with Crippen LogP contribution in [0.4, 0.5) is 5.69 Å². The molecule has 8 heteroatoms. The Bertz CT molecular complexity index is 847. The predicted molar refractivity (Wildman–Crippen MR) is 114 cm³/mol. The van der Waals surface area contributed by atoms with E-state index in [1.165, 1.54) is 0 Å². The van der Waals surface area contributed by atoms with Crippen LogP contribution in [0, 0.1) is 6.92 Å². The van der Waals surface area contributed by atoms with Crippen molar-refractivity contribution in [1.29, 1.82) is 0 Å². The van der Waals surface area contributed by atoms with Gasteiger partial charge in [-0.25, -0.2) is 4.98 Å². The first-order valence-corrected chi connectivity index (χ1v) is 10.5. The first-order valence-electron chi connectivity index (χ1n) is 9.56. The number of rotatable bonds is 7. The van der Waals surface area contributed by atoms with E-state index >= 15 is 0 Å². The molecular weight excluding hydrogens is 388 g/mol. The Morgan fingerprint density at radius 3 is 2.93 bits per heavy atom. The molecule has 1 atom stereocenters. The summed E-state index contributed by atoms with van der Waals surface area (Å²) < 4.78 is 5.56. The smallest absolute Gasteiger partial charge is 0.254 e. The summed E-state index contributed by atoms with van der Waals surface area (Å²) >= 11 is 1.59. The van der Waals surface area contributed by atoms with Gasteiger partial charge in [-0.1, -0.05) is 12.1 Å². The lowest BCUT2D eigenvalue weighted by molar-refractivity contribution is -0.132. The second kappa shape index (κ2) is 10.4. The highest BCUT2D eigenvalue weighted by atomic mass is 32.2. The van der Waals surface area contributed by atoms with E-state index in [0.29, 0.717) is 30.9 Å². The fourth-order valence-corrected chi connectivity index (χ4v) is 3.63. The summed E-state index contributed by atoms with van der Waals surface area (Å²) in [6.07, 6.45) is 1.24. The van der Waals surface area contributed by atoms with Gasteiger partial charge >= 0.3 is 0 Å². The largest absolute Gasteiger partial charge is 0.366 e. The Labute approximate surface area is 175 Å². The highest BCUT2D eigenvalue weighted by Crippen LogP contribution is 2.18. The van der Waals surface area contributed by atoms with Gasteiger partial charge in [0.1, 0.15) is 6.10 Å². The number of aryl methyl sites for hydroxylation is 1. The van der Waals surface area contributed by atoms with E-state index in [-0.39, 0.29) is 11.8 Å². The number of nitrogens with zero attached hydrogens (tertiary/aromatic N) is 2. The molecule has 1 unspecified atom stereocenters. The number of nitrogens with one attached hydrogen (secondary N) is 2. The molecule has 2 amide bonds. The van der Waals surface area contributed by atoms with Crippen LogP contribution in [0.25, 0.3) is 0 Å². The summed E-state index contributed by atoms with van der Waals surface area (Å²) in [4.78, 5) is 31.3. The number of anilines is 1. The molecule has 0 radical (unpaired) electrons. The van der Waals surface area contributed by atoms with Crippen LogP contribution in [0.3, 0.4) is 0 Å². The van der Waals surface area contributed by atoms with E-state index in [0.717, 1.165) is 22.9 Å². The number of ether oxygens (including phenoxy) is 1. The number of morpholine rings is 1. The third-order valence-electron chi connectivity index (χ3n) is 4.59. The maximum absolute atomic E-state index is 12.5. The number of amides is 2. The quantitative estimate of drug-likeness (QED) is 0.534. The van der Waals surface area contributed by atoms with Gasteiger partial charge in [0.2, 0.25) is 0 Å². The Balaban J connectivity index is 1.53. The molecule has 0 spiro atoms. The normalized spacial score (nSPS) is 17.0. The molecule has 1 aromatic heterocycles. The van der Waals surface area contributed by atoms with E-state index in [2.05, 4.69) is 20.5 Å². The average molecular weight is 415 g/mol. The number of carbonyl (C=O) groups excluding carboxylic acids is 2. The zero-order valence-corrected chi connectivity index (χ0v) is 17.5. The molecule has 1 saturated heterocycles. The highest BCUT2D eigenvalue weighted by molar-refractivity contribution is 7.99. The van der Waals surface area contributed by atoms with Crippen molar-refractivity contribution in [3.63, 3.8) is 0 Å². The van der Waals surface area contributed by atoms with Crippen LogP contribution in [-0.2, 0) is 9.53 Å². The summed E-state index contributed by atoms with van der Waals surface area (Å²) in [7, 11) is 1.96. The van der Waals surface area contributed by atoms with E-state index < -0.39 is 6.10 Å². The van der Waals surface area contributed by atoms with Crippen LogP contribution in [0.15, 0.2) is 47.6 Å². The van der Waals surface area contributed by atoms with Crippen molar-refractivity contribution in [2.24, 2.45) is 0 Å². The average Bonchev–Trinajstić information content (AvgIpc) is 2.73. The lowest BCUT2D eigenvalue weighted by Gasteiger charge is -2.29. The van der Waals surface area contributed by atoms with E-state index in [1.807, 2.05) is 38.2 Å². The molecule has 1 aliphatic heterocycles. The summed E-state index contributed by atoms with van der Waals surface area (Å²) in [5.41, 5.74) is 2.03. The van der Waals surface area contributed by atoms with Crippen LogP contribution in [-0.4, -0.2) is 66.8 Å². The molecule has 1 fully saturated rings. The summed E-state index contributed by atoms with van der Waals surface area (Å²) in [5, 5.41) is 6.74. The molecule has 2 aromatic rings. The Morgan fingerprint density at radius 1 is 1.31 bits per heavy atom.